The normalized spacial score (nSPS) is 22.3. The molecule has 5 heteroatoms. The van der Waals surface area contributed by atoms with E-state index in [1.165, 1.54) is 0 Å². The van der Waals surface area contributed by atoms with Crippen molar-refractivity contribution in [2.45, 2.75) is 38.3 Å². The fraction of sp³-hybridized carbons (Fsp3) is 0.533. The fourth-order valence-corrected chi connectivity index (χ4v) is 2.50. The van der Waals surface area contributed by atoms with Gasteiger partial charge in [-0.15, -0.1) is 0 Å². The molecule has 1 amide bonds. The number of rotatable bonds is 2. The number of aromatic hydroxyl groups is 1. The molecule has 1 aliphatic heterocycles. The molecule has 0 radical (unpaired) electrons. The van der Waals surface area contributed by atoms with E-state index in [2.05, 4.69) is 0 Å². The standard InChI is InChI=1S/C15H22N2O3/c1-14(2,3)20-13(19)17-8-7-15(17,10-16)11-5-4-6-12(18)9-11/h4-6,9,18H,7-8,10,16H2,1-3H3. The van der Waals surface area contributed by atoms with E-state index in [4.69, 9.17) is 10.5 Å². The van der Waals surface area contributed by atoms with Crippen molar-refractivity contribution < 1.29 is 14.6 Å². The van der Waals surface area contributed by atoms with Crippen LogP contribution in [0.1, 0.15) is 32.8 Å². The third-order valence-corrected chi connectivity index (χ3v) is 3.60. The molecular formula is C15H22N2O3. The van der Waals surface area contributed by atoms with Crippen LogP contribution in [0.3, 0.4) is 0 Å². The molecule has 2 rings (SSSR count). The molecule has 0 bridgehead atoms. The molecule has 110 valence electrons. The van der Waals surface area contributed by atoms with Crippen molar-refractivity contribution in [3.8, 4) is 5.75 Å². The molecule has 5 nitrogen and oxygen atoms in total. The van der Waals surface area contributed by atoms with Crippen LogP contribution in [-0.2, 0) is 10.3 Å². The quantitative estimate of drug-likeness (QED) is 0.869. The highest BCUT2D eigenvalue weighted by atomic mass is 16.6. The number of hydrogen-bond acceptors (Lipinski definition) is 4. The average molecular weight is 278 g/mol. The van der Waals surface area contributed by atoms with Crippen molar-refractivity contribution in [2.75, 3.05) is 13.1 Å². The first-order valence-electron chi connectivity index (χ1n) is 6.79. The topological polar surface area (TPSA) is 75.8 Å². The summed E-state index contributed by atoms with van der Waals surface area (Å²) in [5.41, 5.74) is 5.65. The van der Waals surface area contributed by atoms with Crippen molar-refractivity contribution in [3.05, 3.63) is 29.8 Å². The zero-order valence-corrected chi connectivity index (χ0v) is 12.2. The molecule has 1 unspecified atom stereocenters. The minimum atomic E-state index is -0.568. The van der Waals surface area contributed by atoms with E-state index < -0.39 is 11.1 Å². The molecule has 1 saturated heterocycles. The van der Waals surface area contributed by atoms with Crippen LogP contribution < -0.4 is 5.73 Å². The summed E-state index contributed by atoms with van der Waals surface area (Å²) in [5.74, 6) is 0.173. The van der Waals surface area contributed by atoms with Crippen molar-refractivity contribution in [1.29, 1.82) is 0 Å². The van der Waals surface area contributed by atoms with Crippen LogP contribution >= 0.6 is 0 Å². The van der Waals surface area contributed by atoms with Crippen LogP contribution in [0.4, 0.5) is 4.79 Å². The summed E-state index contributed by atoms with van der Waals surface area (Å²) in [5, 5.41) is 9.63. The minimum absolute atomic E-state index is 0.173. The summed E-state index contributed by atoms with van der Waals surface area (Å²) in [6.45, 7) is 6.42. The minimum Gasteiger partial charge on any atom is -0.508 e. The number of amides is 1. The lowest BCUT2D eigenvalue weighted by Crippen LogP contribution is -2.63. The van der Waals surface area contributed by atoms with Crippen molar-refractivity contribution >= 4 is 6.09 Å². The lowest BCUT2D eigenvalue weighted by molar-refractivity contribution is -0.0441. The van der Waals surface area contributed by atoms with Crippen LogP contribution in [0.25, 0.3) is 0 Å². The highest BCUT2D eigenvalue weighted by Crippen LogP contribution is 2.41. The number of phenols is 1. The molecule has 0 saturated carbocycles. The van der Waals surface area contributed by atoms with E-state index >= 15 is 0 Å². The van der Waals surface area contributed by atoms with E-state index in [9.17, 15) is 9.90 Å². The van der Waals surface area contributed by atoms with Crippen molar-refractivity contribution in [1.82, 2.24) is 4.90 Å². The molecule has 1 aliphatic rings. The Balaban J connectivity index is 2.26. The Bertz CT molecular complexity index is 506. The second-order valence-corrected chi connectivity index (χ2v) is 6.17. The van der Waals surface area contributed by atoms with E-state index in [0.29, 0.717) is 13.1 Å². The molecule has 20 heavy (non-hydrogen) atoms. The summed E-state index contributed by atoms with van der Waals surface area (Å²) < 4.78 is 5.42. The van der Waals surface area contributed by atoms with Crippen molar-refractivity contribution in [2.24, 2.45) is 5.73 Å². The number of carbonyl (C=O) groups excluding carboxylic acids is 1. The predicted molar refractivity (Wildman–Crippen MR) is 76.4 cm³/mol. The van der Waals surface area contributed by atoms with Gasteiger partial charge in [-0.2, -0.15) is 0 Å². The largest absolute Gasteiger partial charge is 0.508 e. The van der Waals surface area contributed by atoms with Gasteiger partial charge >= 0.3 is 6.09 Å². The monoisotopic (exact) mass is 278 g/mol. The second kappa shape index (κ2) is 4.98. The van der Waals surface area contributed by atoms with Crippen molar-refractivity contribution in [3.63, 3.8) is 0 Å². The molecule has 1 fully saturated rings. The van der Waals surface area contributed by atoms with Gasteiger partial charge in [-0.25, -0.2) is 4.79 Å². The Kier molecular flexibility index (Phi) is 3.65. The summed E-state index contributed by atoms with van der Waals surface area (Å²) in [7, 11) is 0. The van der Waals surface area contributed by atoms with Crippen LogP contribution in [0.15, 0.2) is 24.3 Å². The maximum atomic E-state index is 12.3. The number of carbonyl (C=O) groups is 1. The predicted octanol–water partition coefficient (Wildman–Crippen LogP) is 2.19. The maximum absolute atomic E-state index is 12.3. The molecule has 1 aromatic carbocycles. The molecule has 0 spiro atoms. The lowest BCUT2D eigenvalue weighted by atomic mass is 9.78. The molecule has 3 N–H and O–H groups in total. The molecule has 0 aromatic heterocycles. The lowest BCUT2D eigenvalue weighted by Gasteiger charge is -2.52. The van der Waals surface area contributed by atoms with Gasteiger partial charge in [0.2, 0.25) is 0 Å². The highest BCUT2D eigenvalue weighted by Gasteiger charge is 2.49. The van der Waals surface area contributed by atoms with E-state index in [-0.39, 0.29) is 11.8 Å². The SMILES string of the molecule is CC(C)(C)OC(=O)N1CCC1(CN)c1cccc(O)c1. The summed E-state index contributed by atoms with van der Waals surface area (Å²) in [6, 6.07) is 6.89. The van der Waals surface area contributed by atoms with Gasteiger partial charge < -0.3 is 15.6 Å². The highest BCUT2D eigenvalue weighted by molar-refractivity contribution is 5.71. The van der Waals surface area contributed by atoms with Gasteiger partial charge in [0, 0.05) is 13.1 Å². The molecule has 1 heterocycles. The third kappa shape index (κ3) is 2.58. The van der Waals surface area contributed by atoms with Crippen LogP contribution in [0.5, 0.6) is 5.75 Å². The van der Waals surface area contributed by atoms with E-state index in [0.717, 1.165) is 12.0 Å². The Morgan fingerprint density at radius 1 is 1.50 bits per heavy atom. The number of benzene rings is 1. The van der Waals surface area contributed by atoms with Gasteiger partial charge in [0.15, 0.2) is 0 Å². The van der Waals surface area contributed by atoms with Gasteiger partial charge in [-0.3, -0.25) is 4.90 Å². The summed E-state index contributed by atoms with van der Waals surface area (Å²) >= 11 is 0. The first kappa shape index (κ1) is 14.7. The fourth-order valence-electron chi connectivity index (χ4n) is 2.50. The first-order valence-corrected chi connectivity index (χ1v) is 6.79. The van der Waals surface area contributed by atoms with E-state index in [1.54, 1.807) is 23.1 Å². The summed E-state index contributed by atoms with van der Waals surface area (Å²) in [6.07, 6.45) is 0.407. The third-order valence-electron chi connectivity index (χ3n) is 3.60. The average Bonchev–Trinajstić information content (AvgIpc) is 2.26. The number of hydrogen-bond donors (Lipinski definition) is 2. The molecule has 1 atom stereocenters. The smallest absolute Gasteiger partial charge is 0.411 e. The van der Waals surface area contributed by atoms with Gasteiger partial charge in [0.25, 0.3) is 0 Å². The number of nitrogens with two attached hydrogens (primary N) is 1. The van der Waals surface area contributed by atoms with Gasteiger partial charge in [-0.05, 0) is 44.9 Å². The van der Waals surface area contributed by atoms with Gasteiger partial charge in [-0.1, -0.05) is 12.1 Å². The van der Waals surface area contributed by atoms with Gasteiger partial charge in [0.05, 0.1) is 5.54 Å². The van der Waals surface area contributed by atoms with Crippen LogP contribution in [-0.4, -0.2) is 34.8 Å². The Hall–Kier alpha value is -1.75. The Morgan fingerprint density at radius 2 is 2.20 bits per heavy atom. The van der Waals surface area contributed by atoms with Gasteiger partial charge in [0.1, 0.15) is 11.4 Å². The maximum Gasteiger partial charge on any atom is 0.411 e. The van der Waals surface area contributed by atoms with E-state index in [1.807, 2.05) is 26.8 Å². The summed E-state index contributed by atoms with van der Waals surface area (Å²) in [4.78, 5) is 13.9. The van der Waals surface area contributed by atoms with Crippen LogP contribution in [0, 0.1) is 0 Å². The Morgan fingerprint density at radius 3 is 2.65 bits per heavy atom. The number of phenolic OH excluding ortho intramolecular Hbond substituents is 1. The molecule has 1 aromatic rings. The zero-order valence-electron chi connectivity index (χ0n) is 12.2. The Labute approximate surface area is 119 Å². The number of likely N-dealkylation sites (tertiary alicyclic amines) is 1. The second-order valence-electron chi connectivity index (χ2n) is 6.17. The number of nitrogens with zero attached hydrogens (tertiary/aromatic N) is 1. The number of ether oxygens (including phenoxy) is 1. The van der Waals surface area contributed by atoms with Crippen LogP contribution in [0.2, 0.25) is 0 Å². The first-order chi connectivity index (χ1) is 9.28. The molecule has 0 aliphatic carbocycles. The zero-order chi connectivity index (χ0) is 15.0. The molecular weight excluding hydrogens is 256 g/mol.